The van der Waals surface area contributed by atoms with E-state index in [-0.39, 0.29) is 20.5 Å². The summed E-state index contributed by atoms with van der Waals surface area (Å²) in [5.41, 5.74) is 1.17. The van der Waals surface area contributed by atoms with Gasteiger partial charge in [0.2, 0.25) is 5.78 Å². The number of hydrogen-bond acceptors (Lipinski definition) is 2. The molecule has 0 N–H and O–H groups in total. The van der Waals surface area contributed by atoms with Gasteiger partial charge in [-0.25, -0.2) is 0 Å². The molecule has 4 heteroatoms. The lowest BCUT2D eigenvalue weighted by atomic mass is 9.96. The second kappa shape index (κ2) is 4.47. The second-order valence-electron chi connectivity index (χ2n) is 3.25. The van der Waals surface area contributed by atoms with Crippen LogP contribution in [0, 0.1) is 0 Å². The maximum atomic E-state index is 11.9. The van der Waals surface area contributed by atoms with E-state index in [1.165, 1.54) is 6.08 Å². The average molecular weight is 342 g/mol. The van der Waals surface area contributed by atoms with Crippen LogP contribution in [0.25, 0.3) is 5.57 Å². The van der Waals surface area contributed by atoms with Crippen molar-refractivity contribution in [1.82, 2.24) is 0 Å². The zero-order chi connectivity index (χ0) is 11.7. The Labute approximate surface area is 109 Å². The van der Waals surface area contributed by atoms with Gasteiger partial charge in [-0.2, -0.15) is 0 Å². The van der Waals surface area contributed by atoms with Crippen LogP contribution in [0.5, 0.6) is 0 Å². The molecule has 2 nitrogen and oxygen atoms in total. The van der Waals surface area contributed by atoms with Crippen LogP contribution in [0.1, 0.15) is 5.56 Å². The number of ketones is 2. The number of Topliss-reactive ketones (excluding diaryl/α,β-unsaturated/α-hetero) is 1. The quantitative estimate of drug-likeness (QED) is 0.735. The van der Waals surface area contributed by atoms with Gasteiger partial charge in [0, 0.05) is 5.57 Å². The van der Waals surface area contributed by atoms with Crippen molar-refractivity contribution >= 4 is 49.0 Å². The van der Waals surface area contributed by atoms with Gasteiger partial charge < -0.3 is 0 Å². The predicted octanol–water partition coefficient (Wildman–Crippen LogP) is 3.22. The van der Waals surface area contributed by atoms with Crippen molar-refractivity contribution in [2.24, 2.45) is 0 Å². The molecule has 0 saturated carbocycles. The minimum Gasteiger partial charge on any atom is -0.289 e. The predicted molar refractivity (Wildman–Crippen MR) is 69.3 cm³/mol. The highest BCUT2D eigenvalue weighted by Crippen LogP contribution is 2.31. The Hall–Kier alpha value is -1.00. The Morgan fingerprint density at radius 1 is 0.875 bits per heavy atom. The van der Waals surface area contributed by atoms with Crippen molar-refractivity contribution in [3.05, 3.63) is 50.9 Å². The summed E-state index contributed by atoms with van der Waals surface area (Å²) in [6.45, 7) is 0. The van der Waals surface area contributed by atoms with E-state index in [2.05, 4.69) is 31.9 Å². The van der Waals surface area contributed by atoms with E-state index in [0.717, 1.165) is 5.56 Å². The van der Waals surface area contributed by atoms with Gasteiger partial charge in [-0.3, -0.25) is 9.59 Å². The third kappa shape index (κ3) is 1.95. The first kappa shape index (κ1) is 11.5. The molecule has 0 aromatic heterocycles. The minimum atomic E-state index is -0.203. The summed E-state index contributed by atoms with van der Waals surface area (Å²) in [4.78, 5) is 23.5. The number of rotatable bonds is 1. The summed E-state index contributed by atoms with van der Waals surface area (Å²) in [7, 11) is 0. The first-order valence-electron chi connectivity index (χ1n) is 4.52. The molecular weight excluding hydrogens is 336 g/mol. The largest absolute Gasteiger partial charge is 0.289 e. The summed E-state index contributed by atoms with van der Waals surface area (Å²) < 4.78 is 0.552. The Kier molecular flexibility index (Phi) is 3.21. The number of allylic oxidation sites excluding steroid dienone is 4. The Morgan fingerprint density at radius 3 is 2.12 bits per heavy atom. The molecule has 80 valence electrons. The SMILES string of the molecule is O=C1C=C(c2ccccc2)C(=O)C(Br)=C1Br. The van der Waals surface area contributed by atoms with E-state index in [1.807, 2.05) is 18.2 Å². The summed E-state index contributed by atoms with van der Waals surface area (Å²) >= 11 is 6.20. The third-order valence-electron chi connectivity index (χ3n) is 2.21. The number of carbonyl (C=O) groups is 2. The molecule has 0 radical (unpaired) electrons. The maximum absolute atomic E-state index is 11.9. The smallest absolute Gasteiger partial charge is 0.201 e. The standard InChI is InChI=1S/C12H6Br2O2/c13-10-9(15)6-8(12(16)11(10)14)7-4-2-1-3-5-7/h1-6H. The van der Waals surface area contributed by atoms with Gasteiger partial charge in [-0.05, 0) is 43.5 Å². The van der Waals surface area contributed by atoms with Crippen LogP contribution in [-0.2, 0) is 9.59 Å². The maximum Gasteiger partial charge on any atom is 0.201 e. The van der Waals surface area contributed by atoms with Crippen LogP contribution in [0.15, 0.2) is 45.4 Å². The summed E-state index contributed by atoms with van der Waals surface area (Å²) in [6, 6.07) is 9.12. The molecule has 0 fully saturated rings. The fourth-order valence-electron chi connectivity index (χ4n) is 1.42. The number of carbonyl (C=O) groups excluding carboxylic acids is 2. The van der Waals surface area contributed by atoms with Gasteiger partial charge in [-0.15, -0.1) is 0 Å². The highest BCUT2D eigenvalue weighted by atomic mass is 79.9. The monoisotopic (exact) mass is 340 g/mol. The second-order valence-corrected chi connectivity index (χ2v) is 4.83. The molecule has 0 bridgehead atoms. The van der Waals surface area contributed by atoms with Crippen molar-refractivity contribution in [3.8, 4) is 0 Å². The van der Waals surface area contributed by atoms with Gasteiger partial charge in [-0.1, -0.05) is 30.3 Å². The topological polar surface area (TPSA) is 34.1 Å². The lowest BCUT2D eigenvalue weighted by Gasteiger charge is -2.11. The molecule has 0 amide bonds. The van der Waals surface area contributed by atoms with Gasteiger partial charge >= 0.3 is 0 Å². The van der Waals surface area contributed by atoms with Crippen molar-refractivity contribution in [3.63, 3.8) is 0 Å². The number of hydrogen-bond donors (Lipinski definition) is 0. The fourth-order valence-corrected chi connectivity index (χ4v) is 2.12. The van der Waals surface area contributed by atoms with E-state index in [0.29, 0.717) is 5.57 Å². The first-order chi connectivity index (χ1) is 7.61. The van der Waals surface area contributed by atoms with E-state index in [1.54, 1.807) is 12.1 Å². The van der Waals surface area contributed by atoms with Crippen molar-refractivity contribution in [2.45, 2.75) is 0 Å². The molecule has 16 heavy (non-hydrogen) atoms. The van der Waals surface area contributed by atoms with Crippen LogP contribution in [0.3, 0.4) is 0 Å². The van der Waals surface area contributed by atoms with Crippen LogP contribution >= 0.6 is 31.9 Å². The minimum absolute atomic E-state index is 0.183. The third-order valence-corrected chi connectivity index (χ3v) is 4.29. The van der Waals surface area contributed by atoms with E-state index in [9.17, 15) is 9.59 Å². The van der Waals surface area contributed by atoms with Gasteiger partial charge in [0.05, 0.1) is 8.96 Å². The van der Waals surface area contributed by atoms with Crippen LogP contribution in [-0.4, -0.2) is 11.6 Å². The number of benzene rings is 1. The van der Waals surface area contributed by atoms with E-state index < -0.39 is 0 Å². The molecule has 0 heterocycles. The summed E-state index contributed by atoms with van der Waals surface area (Å²) in [6.07, 6.45) is 1.35. The zero-order valence-electron chi connectivity index (χ0n) is 8.04. The zero-order valence-corrected chi connectivity index (χ0v) is 11.2. The summed E-state index contributed by atoms with van der Waals surface area (Å²) in [5.74, 6) is -0.386. The Morgan fingerprint density at radius 2 is 1.50 bits per heavy atom. The van der Waals surface area contributed by atoms with Gasteiger partial charge in [0.1, 0.15) is 0 Å². The summed E-state index contributed by atoms with van der Waals surface area (Å²) in [5, 5.41) is 0. The molecule has 1 aromatic rings. The normalized spacial score (nSPS) is 16.5. The molecule has 0 saturated heterocycles. The molecular formula is C12H6Br2O2. The molecule has 0 spiro atoms. The van der Waals surface area contributed by atoms with E-state index in [4.69, 9.17) is 0 Å². The van der Waals surface area contributed by atoms with Crippen LogP contribution < -0.4 is 0 Å². The average Bonchev–Trinajstić information content (AvgIpc) is 2.32. The van der Waals surface area contributed by atoms with Crippen molar-refractivity contribution in [2.75, 3.05) is 0 Å². The molecule has 1 aromatic carbocycles. The number of halogens is 2. The molecule has 2 rings (SSSR count). The van der Waals surface area contributed by atoms with E-state index >= 15 is 0 Å². The molecule has 1 aliphatic carbocycles. The highest BCUT2D eigenvalue weighted by Gasteiger charge is 2.26. The van der Waals surface area contributed by atoms with Crippen LogP contribution in [0.2, 0.25) is 0 Å². The Balaban J connectivity index is 2.50. The fraction of sp³-hybridized carbons (Fsp3) is 0. The van der Waals surface area contributed by atoms with Gasteiger partial charge in [0.25, 0.3) is 0 Å². The molecule has 0 aliphatic heterocycles. The lowest BCUT2D eigenvalue weighted by molar-refractivity contribution is -0.113. The van der Waals surface area contributed by atoms with Crippen molar-refractivity contribution < 1.29 is 9.59 Å². The van der Waals surface area contributed by atoms with Crippen LogP contribution in [0.4, 0.5) is 0 Å². The molecule has 0 unspecified atom stereocenters. The van der Waals surface area contributed by atoms with Crippen molar-refractivity contribution in [1.29, 1.82) is 0 Å². The Bertz CT molecular complexity index is 527. The molecule has 1 aliphatic rings. The molecule has 0 atom stereocenters. The lowest BCUT2D eigenvalue weighted by Crippen LogP contribution is -2.13. The van der Waals surface area contributed by atoms with Gasteiger partial charge in [0.15, 0.2) is 5.78 Å². The highest BCUT2D eigenvalue weighted by molar-refractivity contribution is 9.14. The first-order valence-corrected chi connectivity index (χ1v) is 6.11.